The van der Waals surface area contributed by atoms with Crippen LogP contribution < -0.4 is 0 Å². The average Bonchev–Trinajstić information content (AvgIpc) is 3.27. The third kappa shape index (κ3) is 35.2. The molecule has 0 saturated carbocycles. The summed E-state index contributed by atoms with van der Waals surface area (Å²) in [6.07, 6.45) is 45.4. The first-order valence-electron chi connectivity index (χ1n) is 26.8. The van der Waals surface area contributed by atoms with Gasteiger partial charge in [0.2, 0.25) is 0 Å². The van der Waals surface area contributed by atoms with Crippen LogP contribution in [0.15, 0.2) is 12.2 Å². The van der Waals surface area contributed by atoms with Gasteiger partial charge in [0.1, 0.15) is 30.5 Å². The second-order valence-electron chi connectivity index (χ2n) is 18.7. The van der Waals surface area contributed by atoms with E-state index in [1.54, 1.807) is 0 Å². The summed E-state index contributed by atoms with van der Waals surface area (Å²) in [7, 11) is 0. The minimum Gasteiger partial charge on any atom is -0.457 e. The summed E-state index contributed by atoms with van der Waals surface area (Å²) in [4.78, 5) is 12.8. The number of allylic oxidation sites excluding steroid dienone is 2. The van der Waals surface area contributed by atoms with Crippen LogP contribution in [0.25, 0.3) is 0 Å². The van der Waals surface area contributed by atoms with Gasteiger partial charge in [0.15, 0.2) is 6.29 Å². The summed E-state index contributed by atoms with van der Waals surface area (Å²) in [6.45, 7) is 4.60. The first-order valence-corrected chi connectivity index (χ1v) is 26.8. The fourth-order valence-corrected chi connectivity index (χ4v) is 8.49. The van der Waals surface area contributed by atoms with E-state index < -0.39 is 43.4 Å². The SMILES string of the molecule is CCCCCCCCC/C=C\CCCCCCCC(=O)OC(COCCCCCCCCCCCCCCCCCCCCCCCCC)COC1OC(CO)C(O)C(O)C1O. The Hall–Kier alpha value is -1.07. The molecule has 1 heterocycles. The Kier molecular flexibility index (Phi) is 42.9. The molecular formula is C53H102O9. The molecule has 1 saturated heterocycles. The molecule has 6 unspecified atom stereocenters. The van der Waals surface area contributed by atoms with Crippen LogP contribution in [-0.2, 0) is 23.7 Å². The van der Waals surface area contributed by atoms with Crippen LogP contribution in [0, 0.1) is 0 Å². The van der Waals surface area contributed by atoms with Gasteiger partial charge in [-0.05, 0) is 38.5 Å². The van der Waals surface area contributed by atoms with Gasteiger partial charge in [-0.25, -0.2) is 0 Å². The molecule has 0 aromatic heterocycles. The van der Waals surface area contributed by atoms with E-state index in [9.17, 15) is 25.2 Å². The third-order valence-corrected chi connectivity index (χ3v) is 12.7. The van der Waals surface area contributed by atoms with Crippen molar-refractivity contribution in [2.75, 3.05) is 26.4 Å². The Morgan fingerprint density at radius 1 is 0.500 bits per heavy atom. The molecule has 9 nitrogen and oxygen atoms in total. The molecule has 6 atom stereocenters. The predicted molar refractivity (Wildman–Crippen MR) is 256 cm³/mol. The lowest BCUT2D eigenvalue weighted by Gasteiger charge is -2.39. The van der Waals surface area contributed by atoms with Crippen LogP contribution in [0.5, 0.6) is 0 Å². The zero-order valence-corrected chi connectivity index (χ0v) is 40.6. The number of hydrogen-bond donors (Lipinski definition) is 4. The molecule has 1 fully saturated rings. The van der Waals surface area contributed by atoms with Crippen molar-refractivity contribution in [3.8, 4) is 0 Å². The summed E-state index contributed by atoms with van der Waals surface area (Å²) in [5, 5.41) is 40.2. The lowest BCUT2D eigenvalue weighted by atomic mass is 9.99. The Morgan fingerprint density at radius 2 is 0.887 bits per heavy atom. The Labute approximate surface area is 382 Å². The highest BCUT2D eigenvalue weighted by Gasteiger charge is 2.44. The molecule has 368 valence electrons. The van der Waals surface area contributed by atoms with Crippen molar-refractivity contribution in [1.29, 1.82) is 0 Å². The number of hydrogen-bond acceptors (Lipinski definition) is 9. The summed E-state index contributed by atoms with van der Waals surface area (Å²) < 4.78 is 22.9. The minimum atomic E-state index is -1.53. The molecule has 9 heteroatoms. The standard InChI is InChI=1S/C53H102O9/c1-3-5-7-9-11-13-15-17-19-21-22-23-24-25-26-27-29-31-33-35-37-39-41-43-59-45-47(46-60-53-52(58)51(57)50(56)48(44-54)62-53)61-49(55)42-40-38-36-34-32-30-28-20-18-16-14-12-10-8-6-4-2/h20,28,47-48,50-54,56-58H,3-19,21-27,29-46H2,1-2H3/b28-20-. The molecule has 1 rings (SSSR count). The second kappa shape index (κ2) is 45.1. The molecule has 1 aliphatic rings. The normalized spacial score (nSPS) is 19.7. The molecule has 0 radical (unpaired) electrons. The predicted octanol–water partition coefficient (Wildman–Crippen LogP) is 13.2. The van der Waals surface area contributed by atoms with Crippen molar-refractivity contribution < 1.29 is 44.2 Å². The summed E-state index contributed by atoms with van der Waals surface area (Å²) in [6, 6.07) is 0. The van der Waals surface area contributed by atoms with Crippen LogP contribution in [-0.4, -0.2) is 89.6 Å². The van der Waals surface area contributed by atoms with Gasteiger partial charge in [0.05, 0.1) is 19.8 Å². The van der Waals surface area contributed by atoms with Crippen LogP contribution >= 0.6 is 0 Å². The van der Waals surface area contributed by atoms with E-state index in [-0.39, 0.29) is 19.2 Å². The Bertz CT molecular complexity index is 961. The lowest BCUT2D eigenvalue weighted by Crippen LogP contribution is -2.59. The second-order valence-corrected chi connectivity index (χ2v) is 18.7. The maximum absolute atomic E-state index is 12.8. The van der Waals surface area contributed by atoms with Crippen molar-refractivity contribution in [3.63, 3.8) is 0 Å². The first kappa shape index (κ1) is 58.9. The maximum Gasteiger partial charge on any atom is 0.306 e. The lowest BCUT2D eigenvalue weighted by molar-refractivity contribution is -0.305. The maximum atomic E-state index is 12.8. The van der Waals surface area contributed by atoms with E-state index in [4.69, 9.17) is 18.9 Å². The van der Waals surface area contributed by atoms with Crippen molar-refractivity contribution in [2.45, 2.75) is 295 Å². The number of aliphatic hydroxyl groups excluding tert-OH is 4. The van der Waals surface area contributed by atoms with Gasteiger partial charge in [-0.1, -0.05) is 225 Å². The van der Waals surface area contributed by atoms with Gasteiger partial charge in [-0.2, -0.15) is 0 Å². The van der Waals surface area contributed by atoms with Gasteiger partial charge < -0.3 is 39.4 Å². The number of unbranched alkanes of at least 4 members (excludes halogenated alkanes) is 34. The number of carbonyl (C=O) groups is 1. The van der Waals surface area contributed by atoms with Gasteiger partial charge in [-0.3, -0.25) is 4.79 Å². The monoisotopic (exact) mass is 883 g/mol. The highest BCUT2D eigenvalue weighted by Crippen LogP contribution is 2.23. The van der Waals surface area contributed by atoms with Crippen LogP contribution in [0.4, 0.5) is 0 Å². The molecule has 0 amide bonds. The number of rotatable bonds is 47. The zero-order chi connectivity index (χ0) is 45.0. The quantitative estimate of drug-likeness (QED) is 0.0268. The van der Waals surface area contributed by atoms with Gasteiger partial charge >= 0.3 is 5.97 Å². The number of esters is 1. The number of aliphatic hydroxyl groups is 4. The smallest absolute Gasteiger partial charge is 0.306 e. The molecule has 62 heavy (non-hydrogen) atoms. The Balaban J connectivity index is 2.16. The van der Waals surface area contributed by atoms with Gasteiger partial charge in [-0.15, -0.1) is 0 Å². The number of ether oxygens (including phenoxy) is 4. The molecule has 0 aromatic rings. The van der Waals surface area contributed by atoms with Crippen LogP contribution in [0.3, 0.4) is 0 Å². The van der Waals surface area contributed by atoms with Gasteiger partial charge in [0.25, 0.3) is 0 Å². The first-order chi connectivity index (χ1) is 30.4. The van der Waals surface area contributed by atoms with E-state index >= 15 is 0 Å². The highest BCUT2D eigenvalue weighted by molar-refractivity contribution is 5.69. The Morgan fingerprint density at radius 3 is 1.31 bits per heavy atom. The fraction of sp³-hybridized carbons (Fsp3) is 0.943. The molecule has 0 aromatic carbocycles. The molecular weight excluding hydrogens is 781 g/mol. The molecule has 4 N–H and O–H groups in total. The highest BCUT2D eigenvalue weighted by atomic mass is 16.7. The van der Waals surface area contributed by atoms with Crippen molar-refractivity contribution in [3.05, 3.63) is 12.2 Å². The third-order valence-electron chi connectivity index (χ3n) is 12.7. The molecule has 0 aliphatic carbocycles. The largest absolute Gasteiger partial charge is 0.457 e. The molecule has 0 bridgehead atoms. The molecule has 1 aliphatic heterocycles. The fourth-order valence-electron chi connectivity index (χ4n) is 8.49. The van der Waals surface area contributed by atoms with Crippen LogP contribution in [0.1, 0.15) is 258 Å². The van der Waals surface area contributed by atoms with E-state index in [2.05, 4.69) is 26.0 Å². The summed E-state index contributed by atoms with van der Waals surface area (Å²) in [5.74, 6) is -0.316. The van der Waals surface area contributed by atoms with E-state index in [0.29, 0.717) is 13.0 Å². The summed E-state index contributed by atoms with van der Waals surface area (Å²) >= 11 is 0. The minimum absolute atomic E-state index is 0.111. The topological polar surface area (TPSA) is 135 Å². The average molecular weight is 883 g/mol. The van der Waals surface area contributed by atoms with Crippen LogP contribution in [0.2, 0.25) is 0 Å². The van der Waals surface area contributed by atoms with Crippen molar-refractivity contribution >= 4 is 5.97 Å². The van der Waals surface area contributed by atoms with Gasteiger partial charge in [0, 0.05) is 13.0 Å². The zero-order valence-electron chi connectivity index (χ0n) is 40.6. The van der Waals surface area contributed by atoms with E-state index in [1.807, 2.05) is 0 Å². The van der Waals surface area contributed by atoms with E-state index in [0.717, 1.165) is 44.9 Å². The van der Waals surface area contributed by atoms with E-state index in [1.165, 1.54) is 193 Å². The molecule has 0 spiro atoms. The van der Waals surface area contributed by atoms with Crippen molar-refractivity contribution in [1.82, 2.24) is 0 Å². The number of carbonyl (C=O) groups excluding carboxylic acids is 1. The summed E-state index contributed by atoms with van der Waals surface area (Å²) in [5.41, 5.74) is 0. The van der Waals surface area contributed by atoms with Crippen molar-refractivity contribution in [2.24, 2.45) is 0 Å².